The number of hydrogen-bond acceptors (Lipinski definition) is 5. The lowest BCUT2D eigenvalue weighted by Gasteiger charge is -2.37. The second kappa shape index (κ2) is 11.3. The molecule has 0 amide bonds. The number of allylic oxidation sites excluding steroid dienone is 1. The van der Waals surface area contributed by atoms with E-state index < -0.39 is 5.97 Å². The maximum Gasteiger partial charge on any atom is 0.341 e. The van der Waals surface area contributed by atoms with Crippen LogP contribution < -0.4 is 14.2 Å². The van der Waals surface area contributed by atoms with Gasteiger partial charge in [-0.3, -0.25) is 0 Å². The molecule has 1 aliphatic heterocycles. The summed E-state index contributed by atoms with van der Waals surface area (Å²) in [6, 6.07) is 31.9. The van der Waals surface area contributed by atoms with Crippen LogP contribution in [0.5, 0.6) is 17.2 Å². The van der Waals surface area contributed by atoms with Gasteiger partial charge < -0.3 is 18.9 Å². The molecule has 6 rings (SSSR count). The summed E-state index contributed by atoms with van der Waals surface area (Å²) >= 11 is 0. The van der Waals surface area contributed by atoms with Gasteiger partial charge in [-0.15, -0.1) is 0 Å². The largest absolute Gasteiger partial charge is 0.489 e. The maximum atomic E-state index is 13.0. The van der Waals surface area contributed by atoms with E-state index in [4.69, 9.17) is 18.9 Å². The van der Waals surface area contributed by atoms with Crippen LogP contribution in [-0.2, 0) is 18.0 Å². The van der Waals surface area contributed by atoms with Gasteiger partial charge >= 0.3 is 5.97 Å². The van der Waals surface area contributed by atoms with Gasteiger partial charge in [-0.05, 0) is 59.7 Å². The number of methoxy groups -OCH3 is 1. The van der Waals surface area contributed by atoms with Crippen LogP contribution in [0.15, 0.2) is 109 Å². The first-order valence-corrected chi connectivity index (χ1v) is 13.6. The smallest absolute Gasteiger partial charge is 0.341 e. The molecule has 1 aliphatic carbocycles. The van der Waals surface area contributed by atoms with Crippen molar-refractivity contribution in [3.63, 3.8) is 0 Å². The first-order chi connectivity index (χ1) is 19.6. The number of rotatable bonds is 8. The zero-order chi connectivity index (χ0) is 27.5. The minimum atomic E-state index is -0.444. The molecule has 0 bridgehead atoms. The Morgan fingerprint density at radius 1 is 0.825 bits per heavy atom. The lowest BCUT2D eigenvalue weighted by Crippen LogP contribution is -2.28. The summed E-state index contributed by atoms with van der Waals surface area (Å²) in [6.07, 6.45) is 1.49. The van der Waals surface area contributed by atoms with Crippen LogP contribution in [0.2, 0.25) is 0 Å². The van der Waals surface area contributed by atoms with Crippen molar-refractivity contribution in [3.05, 3.63) is 137 Å². The van der Waals surface area contributed by atoms with Crippen LogP contribution in [0.25, 0.3) is 0 Å². The fourth-order valence-corrected chi connectivity index (χ4v) is 5.82. The maximum absolute atomic E-state index is 13.0. The third-order valence-electron chi connectivity index (χ3n) is 7.78. The minimum absolute atomic E-state index is 0.166. The van der Waals surface area contributed by atoms with Gasteiger partial charge in [-0.1, -0.05) is 84.9 Å². The molecule has 0 aromatic heterocycles. The van der Waals surface area contributed by atoms with E-state index in [1.807, 2.05) is 78.9 Å². The summed E-state index contributed by atoms with van der Waals surface area (Å²) in [5, 5.41) is 0. The Morgan fingerprint density at radius 3 is 2.08 bits per heavy atom. The van der Waals surface area contributed by atoms with E-state index in [9.17, 15) is 4.79 Å². The predicted octanol–water partition coefficient (Wildman–Crippen LogP) is 7.81. The highest BCUT2D eigenvalue weighted by atomic mass is 16.5. The highest BCUT2D eigenvalue weighted by molar-refractivity contribution is 5.94. The SMILES string of the molecule is C=C1C[C@H]2[C@@H](C1)c1cc(OCc3ccccc3)cc(C(=O)OC)c1O[C@H]2c1ccc(OCc2ccccc2)cc1. The fraction of sp³-hybridized carbons (Fsp3) is 0.229. The van der Waals surface area contributed by atoms with Crippen molar-refractivity contribution in [2.75, 3.05) is 7.11 Å². The van der Waals surface area contributed by atoms with Crippen molar-refractivity contribution in [2.24, 2.45) is 5.92 Å². The van der Waals surface area contributed by atoms with Crippen LogP contribution >= 0.6 is 0 Å². The van der Waals surface area contributed by atoms with Crippen molar-refractivity contribution in [1.82, 2.24) is 0 Å². The van der Waals surface area contributed by atoms with Gasteiger partial charge in [0.1, 0.15) is 42.1 Å². The second-order valence-corrected chi connectivity index (χ2v) is 10.5. The third-order valence-corrected chi connectivity index (χ3v) is 7.78. The van der Waals surface area contributed by atoms with Crippen molar-refractivity contribution in [2.45, 2.75) is 38.1 Å². The van der Waals surface area contributed by atoms with E-state index in [2.05, 4.69) is 18.7 Å². The molecule has 4 aromatic rings. The molecule has 5 heteroatoms. The molecule has 3 atom stereocenters. The van der Waals surface area contributed by atoms with Gasteiger partial charge in [0.15, 0.2) is 0 Å². The van der Waals surface area contributed by atoms with E-state index in [1.165, 1.54) is 12.7 Å². The Labute approximate surface area is 235 Å². The zero-order valence-corrected chi connectivity index (χ0v) is 22.5. The first kappa shape index (κ1) is 25.8. The fourth-order valence-electron chi connectivity index (χ4n) is 5.82. The molecule has 1 heterocycles. The van der Waals surface area contributed by atoms with Crippen LogP contribution in [0, 0.1) is 5.92 Å². The molecule has 0 saturated heterocycles. The molecule has 0 N–H and O–H groups in total. The zero-order valence-electron chi connectivity index (χ0n) is 22.5. The van der Waals surface area contributed by atoms with E-state index in [0.717, 1.165) is 40.8 Å². The number of hydrogen-bond donors (Lipinski definition) is 0. The topological polar surface area (TPSA) is 54.0 Å². The Balaban J connectivity index is 1.29. The highest BCUT2D eigenvalue weighted by Crippen LogP contribution is 2.56. The molecule has 5 nitrogen and oxygen atoms in total. The normalized spacial score (nSPS) is 19.2. The second-order valence-electron chi connectivity index (χ2n) is 10.5. The van der Waals surface area contributed by atoms with Crippen LogP contribution in [0.1, 0.15) is 57.5 Å². The van der Waals surface area contributed by atoms with Crippen LogP contribution in [-0.4, -0.2) is 13.1 Å². The van der Waals surface area contributed by atoms with E-state index in [-0.39, 0.29) is 17.9 Å². The van der Waals surface area contributed by atoms with Gasteiger partial charge in [-0.2, -0.15) is 0 Å². The molecular formula is C35H32O5. The standard InChI is InChI=1S/C35H32O5/c1-23-17-29-30(18-23)33(26-13-15-27(16-14-26)38-21-24-9-5-3-6-10-24)40-34-31(29)19-28(20-32(34)35(36)37-2)39-22-25-11-7-4-8-12-25/h3-16,19-20,29-30,33H,1,17-18,21-22H2,2H3/t29-,30+,33+/m1/s1. The minimum Gasteiger partial charge on any atom is -0.489 e. The number of fused-ring (bicyclic) bond motifs is 3. The summed E-state index contributed by atoms with van der Waals surface area (Å²) < 4.78 is 24.0. The van der Waals surface area contributed by atoms with Gasteiger partial charge in [0.05, 0.1) is 7.11 Å². The van der Waals surface area contributed by atoms with E-state index in [1.54, 1.807) is 6.07 Å². The molecule has 1 saturated carbocycles. The molecule has 1 fully saturated rings. The summed E-state index contributed by atoms with van der Waals surface area (Å²) in [6.45, 7) is 5.24. The average molecular weight is 533 g/mol. The third kappa shape index (κ3) is 5.32. The molecule has 202 valence electrons. The van der Waals surface area contributed by atoms with Gasteiger partial charge in [0.2, 0.25) is 0 Å². The Hall–Kier alpha value is -4.51. The molecular weight excluding hydrogens is 500 g/mol. The Kier molecular flexibility index (Phi) is 7.28. The molecule has 2 aliphatic rings. The van der Waals surface area contributed by atoms with E-state index >= 15 is 0 Å². The number of esters is 1. The van der Waals surface area contributed by atoms with Crippen molar-refractivity contribution in [3.8, 4) is 17.2 Å². The average Bonchev–Trinajstić information content (AvgIpc) is 3.41. The van der Waals surface area contributed by atoms with Gasteiger partial charge in [0.25, 0.3) is 0 Å². The van der Waals surface area contributed by atoms with Crippen molar-refractivity contribution in [1.29, 1.82) is 0 Å². The first-order valence-electron chi connectivity index (χ1n) is 13.6. The molecule has 4 aromatic carbocycles. The number of carbonyl (C=O) groups is 1. The van der Waals surface area contributed by atoms with Crippen LogP contribution in [0.3, 0.4) is 0 Å². The lowest BCUT2D eigenvalue weighted by atomic mass is 9.79. The van der Waals surface area contributed by atoms with Crippen molar-refractivity contribution < 1.29 is 23.7 Å². The summed E-state index contributed by atoms with van der Waals surface area (Å²) in [4.78, 5) is 13.0. The van der Waals surface area contributed by atoms with Crippen LogP contribution in [0.4, 0.5) is 0 Å². The van der Waals surface area contributed by atoms with Gasteiger partial charge in [-0.25, -0.2) is 4.79 Å². The predicted molar refractivity (Wildman–Crippen MR) is 154 cm³/mol. The molecule has 0 radical (unpaired) electrons. The number of carbonyl (C=O) groups excluding carboxylic acids is 1. The Bertz CT molecular complexity index is 1490. The monoisotopic (exact) mass is 532 g/mol. The van der Waals surface area contributed by atoms with E-state index in [0.29, 0.717) is 30.3 Å². The molecule has 0 unspecified atom stereocenters. The Morgan fingerprint density at radius 2 is 1.45 bits per heavy atom. The van der Waals surface area contributed by atoms with Gasteiger partial charge in [0, 0.05) is 11.5 Å². The highest BCUT2D eigenvalue weighted by Gasteiger charge is 2.45. The number of benzene rings is 4. The lowest BCUT2D eigenvalue weighted by molar-refractivity contribution is 0.0575. The molecule has 40 heavy (non-hydrogen) atoms. The number of ether oxygens (including phenoxy) is 4. The quantitative estimate of drug-likeness (QED) is 0.171. The summed E-state index contributed by atoms with van der Waals surface area (Å²) in [5.74, 6) is 1.92. The summed E-state index contributed by atoms with van der Waals surface area (Å²) in [7, 11) is 1.39. The molecule has 0 spiro atoms. The summed E-state index contributed by atoms with van der Waals surface area (Å²) in [5.41, 5.74) is 5.77. The van der Waals surface area contributed by atoms with Crippen molar-refractivity contribution >= 4 is 5.97 Å².